The fourth-order valence-corrected chi connectivity index (χ4v) is 0.987. The number of amides is 1. The first kappa shape index (κ1) is 9.60. The molecule has 1 aromatic rings. The highest BCUT2D eigenvalue weighted by molar-refractivity contribution is 5.93. The Morgan fingerprint density at radius 3 is 2.46 bits per heavy atom. The van der Waals surface area contributed by atoms with Crippen LogP contribution in [0.25, 0.3) is 0 Å². The molecule has 0 N–H and O–H groups in total. The van der Waals surface area contributed by atoms with Crippen molar-refractivity contribution in [1.82, 2.24) is 4.90 Å². The average Bonchev–Trinajstić information content (AvgIpc) is 2.17. The highest BCUT2D eigenvalue weighted by Gasteiger charge is 2.05. The lowest BCUT2D eigenvalue weighted by Gasteiger charge is -2.07. The molecular formula is C11H13NO. The Bertz CT molecular complexity index is 287. The zero-order valence-corrected chi connectivity index (χ0v) is 8.22. The summed E-state index contributed by atoms with van der Waals surface area (Å²) < 4.78 is 0. The van der Waals surface area contributed by atoms with Crippen LogP contribution in [0, 0.1) is 12.1 Å². The molecule has 1 rings (SSSR count). The molecule has 0 spiro atoms. The lowest BCUT2D eigenvalue weighted by atomic mass is 10.1. The summed E-state index contributed by atoms with van der Waals surface area (Å²) in [6, 6.07) is 9.50. The third kappa shape index (κ3) is 2.22. The van der Waals surface area contributed by atoms with Gasteiger partial charge in [0.2, 0.25) is 0 Å². The summed E-state index contributed by atoms with van der Waals surface area (Å²) in [7, 11) is 3.45. The van der Waals surface area contributed by atoms with Crippen molar-refractivity contribution in [2.45, 2.75) is 13.3 Å². The number of aryl methyl sites for hydroxylation is 1. The summed E-state index contributed by atoms with van der Waals surface area (Å²) in [4.78, 5) is 13.0. The van der Waals surface area contributed by atoms with Crippen LogP contribution in [0.2, 0.25) is 0 Å². The Hall–Kier alpha value is -1.49. The minimum atomic E-state index is -0.0288. The maximum Gasteiger partial charge on any atom is 0.261 e. The third-order valence-corrected chi connectivity index (χ3v) is 1.83. The second-order valence-electron chi connectivity index (χ2n) is 3.08. The fourth-order valence-electron chi connectivity index (χ4n) is 0.987. The molecule has 0 aromatic heterocycles. The fraction of sp³-hybridized carbons (Fsp3) is 0.364. The van der Waals surface area contributed by atoms with Crippen molar-refractivity contribution in [3.05, 3.63) is 35.4 Å². The van der Waals surface area contributed by atoms with Gasteiger partial charge in [0.25, 0.3) is 5.91 Å². The van der Waals surface area contributed by atoms with Crippen LogP contribution in [0.3, 0.4) is 0 Å². The SMILES string of the molecule is CCc1c#cc(C(=O)N(C)C)cc1. The number of hydrogen-bond donors (Lipinski definition) is 0. The average molecular weight is 175 g/mol. The van der Waals surface area contributed by atoms with E-state index < -0.39 is 0 Å². The van der Waals surface area contributed by atoms with E-state index >= 15 is 0 Å². The first-order valence-electron chi connectivity index (χ1n) is 4.29. The first-order valence-corrected chi connectivity index (χ1v) is 4.29. The van der Waals surface area contributed by atoms with Gasteiger partial charge < -0.3 is 4.90 Å². The molecule has 1 aromatic carbocycles. The number of hydrogen-bond acceptors (Lipinski definition) is 1. The second kappa shape index (κ2) is 3.95. The molecule has 0 aliphatic rings. The van der Waals surface area contributed by atoms with Crippen molar-refractivity contribution in [3.8, 4) is 0 Å². The lowest BCUT2D eigenvalue weighted by molar-refractivity contribution is 0.0827. The van der Waals surface area contributed by atoms with Crippen molar-refractivity contribution in [1.29, 1.82) is 0 Å². The van der Waals surface area contributed by atoms with Gasteiger partial charge >= 0.3 is 0 Å². The molecule has 0 radical (unpaired) electrons. The molecule has 13 heavy (non-hydrogen) atoms. The van der Waals surface area contributed by atoms with Crippen LogP contribution in [-0.2, 0) is 6.42 Å². The van der Waals surface area contributed by atoms with Gasteiger partial charge in [-0.2, -0.15) is 0 Å². The Kier molecular flexibility index (Phi) is 2.92. The molecule has 0 bridgehead atoms. The Morgan fingerprint density at radius 1 is 1.38 bits per heavy atom. The summed E-state index contributed by atoms with van der Waals surface area (Å²) in [5, 5.41) is 0. The standard InChI is InChI=1S/C11H13NO/c1-4-9-5-7-10(8-6-9)11(13)12(2)3/h5,7H,4H2,1-3H3. The molecule has 0 heterocycles. The van der Waals surface area contributed by atoms with E-state index in [2.05, 4.69) is 12.1 Å². The van der Waals surface area contributed by atoms with Gasteiger partial charge in [-0.15, -0.1) is 0 Å². The van der Waals surface area contributed by atoms with Crippen LogP contribution in [0.5, 0.6) is 0 Å². The van der Waals surface area contributed by atoms with Crippen LogP contribution in [0.1, 0.15) is 22.8 Å². The molecule has 0 unspecified atom stereocenters. The zero-order chi connectivity index (χ0) is 9.84. The van der Waals surface area contributed by atoms with Crippen LogP contribution >= 0.6 is 0 Å². The zero-order valence-electron chi connectivity index (χ0n) is 8.22. The minimum Gasteiger partial charge on any atom is -0.344 e. The summed E-state index contributed by atoms with van der Waals surface area (Å²) >= 11 is 0. The Morgan fingerprint density at radius 2 is 2.08 bits per heavy atom. The normalized spacial score (nSPS) is 9.15. The van der Waals surface area contributed by atoms with Gasteiger partial charge in [-0.25, -0.2) is 0 Å². The van der Waals surface area contributed by atoms with Gasteiger partial charge in [0, 0.05) is 19.7 Å². The molecule has 0 saturated carbocycles. The Balaban J connectivity index is 2.86. The Labute approximate surface area is 79.2 Å². The van der Waals surface area contributed by atoms with E-state index in [4.69, 9.17) is 0 Å². The van der Waals surface area contributed by atoms with Crippen molar-refractivity contribution in [3.63, 3.8) is 0 Å². The number of rotatable bonds is 2. The maximum absolute atomic E-state index is 11.4. The predicted molar refractivity (Wildman–Crippen MR) is 51.5 cm³/mol. The molecule has 0 atom stereocenters. The summed E-state index contributed by atoms with van der Waals surface area (Å²) in [5.41, 5.74) is 1.65. The van der Waals surface area contributed by atoms with Crippen molar-refractivity contribution < 1.29 is 4.79 Å². The minimum absolute atomic E-state index is 0.0288. The first-order chi connectivity index (χ1) is 6.15. The van der Waals surface area contributed by atoms with Crippen LogP contribution in [0.15, 0.2) is 12.1 Å². The van der Waals surface area contributed by atoms with E-state index in [-0.39, 0.29) is 5.91 Å². The van der Waals surface area contributed by atoms with Gasteiger partial charge in [-0.05, 0) is 18.6 Å². The van der Waals surface area contributed by atoms with Gasteiger partial charge in [0.15, 0.2) is 0 Å². The molecule has 68 valence electrons. The smallest absolute Gasteiger partial charge is 0.261 e. The van der Waals surface area contributed by atoms with E-state index in [9.17, 15) is 4.79 Å². The molecule has 0 aliphatic carbocycles. The third-order valence-electron chi connectivity index (χ3n) is 1.83. The number of carbonyl (C=O) groups excluding carboxylic acids is 1. The maximum atomic E-state index is 11.4. The summed E-state index contributed by atoms with van der Waals surface area (Å²) in [5.74, 6) is -0.0288. The summed E-state index contributed by atoms with van der Waals surface area (Å²) in [6.45, 7) is 2.05. The highest BCUT2D eigenvalue weighted by Crippen LogP contribution is 2.01. The van der Waals surface area contributed by atoms with Crippen molar-refractivity contribution >= 4 is 5.91 Å². The van der Waals surface area contributed by atoms with E-state index in [1.165, 1.54) is 4.90 Å². The van der Waals surface area contributed by atoms with Crippen LogP contribution < -0.4 is 0 Å². The largest absolute Gasteiger partial charge is 0.344 e. The predicted octanol–water partition coefficient (Wildman–Crippen LogP) is 1.55. The van der Waals surface area contributed by atoms with Crippen molar-refractivity contribution in [2.24, 2.45) is 0 Å². The summed E-state index contributed by atoms with van der Waals surface area (Å²) in [6.07, 6.45) is 0.924. The number of nitrogens with zero attached hydrogens (tertiary/aromatic N) is 1. The highest BCUT2D eigenvalue weighted by atomic mass is 16.2. The monoisotopic (exact) mass is 175 g/mol. The quantitative estimate of drug-likeness (QED) is 0.667. The van der Waals surface area contributed by atoms with Crippen LogP contribution in [-0.4, -0.2) is 24.9 Å². The van der Waals surface area contributed by atoms with Gasteiger partial charge in [-0.1, -0.05) is 19.1 Å². The van der Waals surface area contributed by atoms with E-state index in [0.717, 1.165) is 12.0 Å². The molecule has 2 nitrogen and oxygen atoms in total. The molecule has 0 aliphatic heterocycles. The van der Waals surface area contributed by atoms with E-state index in [0.29, 0.717) is 5.56 Å². The molecular weight excluding hydrogens is 162 g/mol. The molecule has 0 fully saturated rings. The second-order valence-corrected chi connectivity index (χ2v) is 3.08. The molecule has 1 amide bonds. The van der Waals surface area contributed by atoms with Gasteiger partial charge in [-0.3, -0.25) is 4.79 Å². The number of carbonyl (C=O) groups is 1. The molecule has 2 heteroatoms. The van der Waals surface area contributed by atoms with Crippen LogP contribution in [0.4, 0.5) is 0 Å². The van der Waals surface area contributed by atoms with Crippen molar-refractivity contribution in [2.75, 3.05) is 14.1 Å². The van der Waals surface area contributed by atoms with Gasteiger partial charge in [0.1, 0.15) is 0 Å². The molecule has 0 saturated heterocycles. The van der Waals surface area contributed by atoms with Gasteiger partial charge in [0.05, 0.1) is 5.56 Å². The van der Waals surface area contributed by atoms with E-state index in [1.807, 2.05) is 13.0 Å². The topological polar surface area (TPSA) is 20.3 Å². The van der Waals surface area contributed by atoms with E-state index in [1.54, 1.807) is 20.2 Å². The lowest BCUT2D eigenvalue weighted by Crippen LogP contribution is -2.21.